The molecule has 1 aliphatic rings. The number of fused-ring (bicyclic) bond motifs is 1. The molecule has 0 amide bonds. The Morgan fingerprint density at radius 3 is 3.15 bits per heavy atom. The summed E-state index contributed by atoms with van der Waals surface area (Å²) in [6, 6.07) is 1.39. The molecular formula is C11H15ClFN5O2. The highest BCUT2D eigenvalue weighted by Crippen LogP contribution is 2.36. The van der Waals surface area contributed by atoms with Crippen molar-refractivity contribution >= 4 is 23.1 Å². The van der Waals surface area contributed by atoms with Crippen LogP contribution >= 0.6 is 11.6 Å². The van der Waals surface area contributed by atoms with Gasteiger partial charge < -0.3 is 20.5 Å². The van der Waals surface area contributed by atoms with Crippen molar-refractivity contribution in [3.05, 3.63) is 22.5 Å². The molecule has 0 saturated heterocycles. The predicted octanol–water partition coefficient (Wildman–Crippen LogP) is 0.683. The fourth-order valence-corrected chi connectivity index (χ4v) is 2.01. The molecule has 1 aromatic rings. The van der Waals surface area contributed by atoms with Crippen molar-refractivity contribution in [2.75, 3.05) is 32.3 Å². The van der Waals surface area contributed by atoms with E-state index in [1.165, 1.54) is 13.2 Å². The zero-order valence-corrected chi connectivity index (χ0v) is 11.6. The number of nitrogens with zero attached hydrogens (tertiary/aromatic N) is 2. The monoisotopic (exact) mass is 303 g/mol. The number of hydrazine groups is 1. The second-order valence-corrected chi connectivity index (χ2v) is 4.45. The number of nitrogens with two attached hydrogens (primary N) is 2. The third kappa shape index (κ3) is 2.87. The molecule has 0 bridgehead atoms. The minimum Gasteiger partial charge on any atom is -0.490 e. The van der Waals surface area contributed by atoms with E-state index in [4.69, 9.17) is 32.7 Å². The largest absolute Gasteiger partial charge is 0.490 e. The van der Waals surface area contributed by atoms with E-state index in [9.17, 15) is 4.39 Å². The molecule has 0 fully saturated rings. The number of anilines is 1. The SMILES string of the molecule is COCN(N)/N=C(\N)c1c(F)c(Cl)cc2c1NCCO2. The van der Waals surface area contributed by atoms with E-state index < -0.39 is 5.82 Å². The van der Waals surface area contributed by atoms with Crippen LogP contribution in [-0.4, -0.2) is 37.9 Å². The molecule has 0 unspecified atom stereocenters. The van der Waals surface area contributed by atoms with Crippen LogP contribution < -0.4 is 21.6 Å². The maximum atomic E-state index is 14.2. The average Bonchev–Trinajstić information content (AvgIpc) is 2.40. The molecule has 5 N–H and O–H groups in total. The molecule has 0 saturated carbocycles. The average molecular weight is 304 g/mol. The molecule has 1 aliphatic heterocycles. The van der Waals surface area contributed by atoms with Gasteiger partial charge in [0, 0.05) is 19.7 Å². The lowest BCUT2D eigenvalue weighted by atomic mass is 10.1. The van der Waals surface area contributed by atoms with Gasteiger partial charge in [-0.15, -0.1) is 5.10 Å². The Labute approximate surface area is 120 Å². The third-order valence-corrected chi connectivity index (χ3v) is 2.87. The van der Waals surface area contributed by atoms with E-state index in [0.717, 1.165) is 5.12 Å². The zero-order valence-electron chi connectivity index (χ0n) is 10.8. The van der Waals surface area contributed by atoms with E-state index in [-0.39, 0.29) is 23.2 Å². The van der Waals surface area contributed by atoms with E-state index in [0.29, 0.717) is 24.6 Å². The topological polar surface area (TPSA) is 98.1 Å². The molecule has 9 heteroatoms. The molecule has 0 aromatic heterocycles. The fourth-order valence-electron chi connectivity index (χ4n) is 1.82. The standard InChI is InChI=1S/C11H15ClFN5O2/c1-19-5-18(15)17-11(14)8-9(13)6(12)4-7-10(8)16-2-3-20-7/h4,16H,2-3,5,15H2,1H3,(H2,14,17). The van der Waals surface area contributed by atoms with E-state index >= 15 is 0 Å². The van der Waals surface area contributed by atoms with Crippen molar-refractivity contribution in [3.63, 3.8) is 0 Å². The summed E-state index contributed by atoms with van der Waals surface area (Å²) in [5.74, 6) is 5.13. The van der Waals surface area contributed by atoms with Gasteiger partial charge in [0.25, 0.3) is 0 Å². The highest BCUT2D eigenvalue weighted by atomic mass is 35.5. The maximum absolute atomic E-state index is 14.2. The Morgan fingerprint density at radius 2 is 2.45 bits per heavy atom. The number of methoxy groups -OCH3 is 1. The lowest BCUT2D eigenvalue weighted by molar-refractivity contribution is 0.0656. The van der Waals surface area contributed by atoms with Gasteiger partial charge in [-0.05, 0) is 0 Å². The van der Waals surface area contributed by atoms with E-state index in [1.54, 1.807) is 0 Å². The number of ether oxygens (including phenoxy) is 2. The van der Waals surface area contributed by atoms with Crippen molar-refractivity contribution in [1.82, 2.24) is 5.12 Å². The Balaban J connectivity index is 2.47. The fraction of sp³-hybridized carbons (Fsp3) is 0.364. The van der Waals surface area contributed by atoms with Crippen molar-refractivity contribution in [1.29, 1.82) is 0 Å². The van der Waals surface area contributed by atoms with Crippen LogP contribution in [0.4, 0.5) is 10.1 Å². The van der Waals surface area contributed by atoms with Crippen molar-refractivity contribution in [3.8, 4) is 5.75 Å². The van der Waals surface area contributed by atoms with Gasteiger partial charge in [0.2, 0.25) is 0 Å². The molecule has 1 heterocycles. The van der Waals surface area contributed by atoms with Gasteiger partial charge in [0.05, 0.1) is 16.3 Å². The van der Waals surface area contributed by atoms with Crippen LogP contribution in [0.2, 0.25) is 5.02 Å². The minimum atomic E-state index is -0.685. The smallest absolute Gasteiger partial charge is 0.157 e. The number of hydrogen-bond acceptors (Lipinski definition) is 6. The molecule has 0 atom stereocenters. The highest BCUT2D eigenvalue weighted by molar-refractivity contribution is 6.31. The lowest BCUT2D eigenvalue weighted by Crippen LogP contribution is -2.32. The molecule has 7 nitrogen and oxygen atoms in total. The van der Waals surface area contributed by atoms with Crippen LogP contribution in [0.1, 0.15) is 5.56 Å². The summed E-state index contributed by atoms with van der Waals surface area (Å²) in [5.41, 5.74) is 6.23. The Kier molecular flexibility index (Phi) is 4.48. The van der Waals surface area contributed by atoms with Gasteiger partial charge in [-0.25, -0.2) is 15.4 Å². The van der Waals surface area contributed by atoms with E-state index in [1.807, 2.05) is 0 Å². The van der Waals surface area contributed by atoms with Crippen LogP contribution in [0.5, 0.6) is 5.75 Å². The second-order valence-electron chi connectivity index (χ2n) is 4.04. The van der Waals surface area contributed by atoms with Gasteiger partial charge >= 0.3 is 0 Å². The van der Waals surface area contributed by atoms with Crippen LogP contribution in [0, 0.1) is 5.82 Å². The summed E-state index contributed by atoms with van der Waals surface area (Å²) in [6.07, 6.45) is 0. The molecular weight excluding hydrogens is 289 g/mol. The lowest BCUT2D eigenvalue weighted by Gasteiger charge is -2.23. The van der Waals surface area contributed by atoms with Gasteiger partial charge in [0.15, 0.2) is 18.4 Å². The summed E-state index contributed by atoms with van der Waals surface area (Å²) in [4.78, 5) is 0. The third-order valence-electron chi connectivity index (χ3n) is 2.60. The Hall–Kier alpha value is -1.77. The van der Waals surface area contributed by atoms with E-state index in [2.05, 4.69) is 10.4 Å². The van der Waals surface area contributed by atoms with Crippen molar-refractivity contribution in [2.24, 2.45) is 16.7 Å². The summed E-state index contributed by atoms with van der Waals surface area (Å²) < 4.78 is 24.4. The first-order valence-corrected chi connectivity index (χ1v) is 6.16. The van der Waals surface area contributed by atoms with Crippen LogP contribution in [-0.2, 0) is 4.74 Å². The summed E-state index contributed by atoms with van der Waals surface area (Å²) in [7, 11) is 1.45. The number of benzene rings is 1. The second kappa shape index (κ2) is 6.12. The van der Waals surface area contributed by atoms with Crippen molar-refractivity contribution < 1.29 is 13.9 Å². The van der Waals surface area contributed by atoms with Gasteiger partial charge in [-0.3, -0.25) is 0 Å². The predicted molar refractivity (Wildman–Crippen MR) is 74.0 cm³/mol. The number of amidine groups is 1. The quantitative estimate of drug-likeness (QED) is 0.249. The number of hydrogen-bond donors (Lipinski definition) is 3. The maximum Gasteiger partial charge on any atom is 0.157 e. The minimum absolute atomic E-state index is 0.00893. The van der Waals surface area contributed by atoms with Gasteiger partial charge in [0.1, 0.15) is 12.4 Å². The first kappa shape index (κ1) is 14.6. The van der Waals surface area contributed by atoms with Crippen LogP contribution in [0.25, 0.3) is 0 Å². The summed E-state index contributed by atoms with van der Waals surface area (Å²) in [6.45, 7) is 0.992. The number of rotatable bonds is 4. The van der Waals surface area contributed by atoms with Gasteiger partial charge in [-0.2, -0.15) is 0 Å². The normalized spacial score (nSPS) is 14.3. The number of nitrogens with one attached hydrogen (secondary N) is 1. The van der Waals surface area contributed by atoms with Crippen molar-refractivity contribution in [2.45, 2.75) is 0 Å². The van der Waals surface area contributed by atoms with Gasteiger partial charge in [-0.1, -0.05) is 11.6 Å². The Bertz CT molecular complexity index is 540. The molecule has 20 heavy (non-hydrogen) atoms. The van der Waals surface area contributed by atoms with Crippen LogP contribution in [0.15, 0.2) is 11.2 Å². The zero-order chi connectivity index (χ0) is 14.7. The molecule has 0 spiro atoms. The highest BCUT2D eigenvalue weighted by Gasteiger charge is 2.23. The number of halogens is 2. The Morgan fingerprint density at radius 1 is 1.70 bits per heavy atom. The molecule has 1 aromatic carbocycles. The van der Waals surface area contributed by atoms with Crippen LogP contribution in [0.3, 0.4) is 0 Å². The summed E-state index contributed by atoms with van der Waals surface area (Å²) >= 11 is 5.83. The number of hydrazone groups is 1. The molecule has 0 aliphatic carbocycles. The molecule has 2 rings (SSSR count). The molecule has 110 valence electrons. The first-order chi connectivity index (χ1) is 9.54. The first-order valence-electron chi connectivity index (χ1n) is 5.79. The summed E-state index contributed by atoms with van der Waals surface area (Å²) in [5, 5.41) is 7.69. The molecule has 0 radical (unpaired) electrons.